The standard InChI is InChI=1S/C18H22N2O3S/c1-14(16-7-6-8-17(13-16)20-15(2)21)19-11-12-24(22,23)18-9-4-3-5-10-18/h3-10,13-14,19H,11-12H2,1-2H3,(H,20,21). The highest BCUT2D eigenvalue weighted by atomic mass is 32.2. The van der Waals surface area contributed by atoms with Gasteiger partial charge in [0.2, 0.25) is 5.91 Å². The Bertz CT molecular complexity index is 789. The van der Waals surface area contributed by atoms with Crippen molar-refractivity contribution in [2.45, 2.75) is 24.8 Å². The van der Waals surface area contributed by atoms with Crippen molar-refractivity contribution >= 4 is 21.4 Å². The molecule has 2 N–H and O–H groups in total. The van der Waals surface area contributed by atoms with E-state index < -0.39 is 9.84 Å². The molecular formula is C18H22N2O3S. The Balaban J connectivity index is 1.94. The van der Waals surface area contributed by atoms with Gasteiger partial charge in [-0.2, -0.15) is 0 Å². The molecule has 0 spiro atoms. The molecule has 0 fully saturated rings. The van der Waals surface area contributed by atoms with Crippen LogP contribution in [0.5, 0.6) is 0 Å². The molecular weight excluding hydrogens is 324 g/mol. The third-order valence-electron chi connectivity index (χ3n) is 3.63. The molecule has 0 radical (unpaired) electrons. The first-order valence-electron chi connectivity index (χ1n) is 7.77. The molecule has 1 amide bonds. The van der Waals surface area contributed by atoms with Crippen LogP contribution in [-0.2, 0) is 14.6 Å². The van der Waals surface area contributed by atoms with Crippen LogP contribution in [-0.4, -0.2) is 26.6 Å². The predicted molar refractivity (Wildman–Crippen MR) is 95.7 cm³/mol. The fraction of sp³-hybridized carbons (Fsp3) is 0.278. The van der Waals surface area contributed by atoms with E-state index in [1.165, 1.54) is 6.92 Å². The average Bonchev–Trinajstić information content (AvgIpc) is 2.55. The Labute approximate surface area is 143 Å². The largest absolute Gasteiger partial charge is 0.326 e. The normalized spacial score (nSPS) is 12.6. The van der Waals surface area contributed by atoms with Crippen molar-refractivity contribution in [2.24, 2.45) is 0 Å². The van der Waals surface area contributed by atoms with Gasteiger partial charge < -0.3 is 10.6 Å². The van der Waals surface area contributed by atoms with Gasteiger partial charge >= 0.3 is 0 Å². The molecule has 0 heterocycles. The van der Waals surface area contributed by atoms with Gasteiger partial charge in [-0.05, 0) is 36.8 Å². The summed E-state index contributed by atoms with van der Waals surface area (Å²) in [5, 5.41) is 5.95. The topological polar surface area (TPSA) is 75.3 Å². The molecule has 2 aromatic carbocycles. The second kappa shape index (κ2) is 8.08. The summed E-state index contributed by atoms with van der Waals surface area (Å²) >= 11 is 0. The maximum absolute atomic E-state index is 12.2. The van der Waals surface area contributed by atoms with E-state index in [0.29, 0.717) is 11.4 Å². The van der Waals surface area contributed by atoms with Crippen LogP contribution in [0.25, 0.3) is 0 Å². The van der Waals surface area contributed by atoms with Crippen LogP contribution in [0.1, 0.15) is 25.5 Å². The molecule has 0 aliphatic rings. The predicted octanol–water partition coefficient (Wildman–Crippen LogP) is 2.77. The molecule has 128 valence electrons. The van der Waals surface area contributed by atoms with Crippen LogP contribution >= 0.6 is 0 Å². The summed E-state index contributed by atoms with van der Waals surface area (Å²) in [6.45, 7) is 3.77. The number of hydrogen-bond donors (Lipinski definition) is 2. The van der Waals surface area contributed by atoms with Crippen molar-refractivity contribution in [2.75, 3.05) is 17.6 Å². The fourth-order valence-corrected chi connectivity index (χ4v) is 3.56. The quantitative estimate of drug-likeness (QED) is 0.808. The van der Waals surface area contributed by atoms with E-state index in [0.717, 1.165) is 11.3 Å². The second-order valence-corrected chi connectivity index (χ2v) is 7.72. The third-order valence-corrected chi connectivity index (χ3v) is 5.36. The lowest BCUT2D eigenvalue weighted by Gasteiger charge is -2.15. The molecule has 0 aliphatic carbocycles. The van der Waals surface area contributed by atoms with Crippen molar-refractivity contribution in [1.29, 1.82) is 0 Å². The van der Waals surface area contributed by atoms with Gasteiger partial charge in [0, 0.05) is 25.2 Å². The smallest absolute Gasteiger partial charge is 0.221 e. The molecule has 1 unspecified atom stereocenters. The molecule has 2 aromatic rings. The summed E-state index contributed by atoms with van der Waals surface area (Å²) in [5.74, 6) is -0.0889. The second-order valence-electron chi connectivity index (χ2n) is 5.61. The van der Waals surface area contributed by atoms with Crippen LogP contribution in [0.3, 0.4) is 0 Å². The van der Waals surface area contributed by atoms with Crippen molar-refractivity contribution in [3.05, 3.63) is 60.2 Å². The first-order valence-corrected chi connectivity index (χ1v) is 9.42. The Kier molecular flexibility index (Phi) is 6.11. The zero-order valence-electron chi connectivity index (χ0n) is 13.8. The summed E-state index contributed by atoms with van der Waals surface area (Å²) in [7, 11) is -3.28. The van der Waals surface area contributed by atoms with E-state index in [2.05, 4.69) is 10.6 Å². The molecule has 5 nitrogen and oxygen atoms in total. The number of amides is 1. The Morgan fingerprint density at radius 3 is 2.46 bits per heavy atom. The average molecular weight is 346 g/mol. The number of carbonyl (C=O) groups excluding carboxylic acids is 1. The van der Waals surface area contributed by atoms with Crippen molar-refractivity contribution in [3.63, 3.8) is 0 Å². The first kappa shape index (κ1) is 18.2. The van der Waals surface area contributed by atoms with E-state index in [1.54, 1.807) is 30.3 Å². The zero-order valence-corrected chi connectivity index (χ0v) is 14.6. The number of anilines is 1. The number of benzene rings is 2. The molecule has 6 heteroatoms. The van der Waals surface area contributed by atoms with Crippen LogP contribution in [0.4, 0.5) is 5.69 Å². The minimum absolute atomic E-state index is 0.0234. The molecule has 2 rings (SSSR count). The van der Waals surface area contributed by atoms with Crippen molar-refractivity contribution in [1.82, 2.24) is 5.32 Å². The molecule has 0 aromatic heterocycles. The van der Waals surface area contributed by atoms with Crippen molar-refractivity contribution in [3.8, 4) is 0 Å². The maximum atomic E-state index is 12.2. The number of rotatable bonds is 7. The summed E-state index contributed by atoms with van der Waals surface area (Å²) in [6, 6.07) is 15.9. The molecule has 0 saturated carbocycles. The van der Waals surface area contributed by atoms with E-state index in [9.17, 15) is 13.2 Å². The SMILES string of the molecule is CC(=O)Nc1cccc(C(C)NCCS(=O)(=O)c2ccccc2)c1. The fourth-order valence-electron chi connectivity index (χ4n) is 2.36. The van der Waals surface area contributed by atoms with Gasteiger partial charge in [0.25, 0.3) is 0 Å². The van der Waals surface area contributed by atoms with Crippen molar-refractivity contribution < 1.29 is 13.2 Å². The highest BCUT2D eigenvalue weighted by molar-refractivity contribution is 7.91. The van der Waals surface area contributed by atoms with E-state index >= 15 is 0 Å². The number of sulfone groups is 1. The lowest BCUT2D eigenvalue weighted by atomic mass is 10.1. The molecule has 1 atom stereocenters. The summed E-state index contributed by atoms with van der Waals surface area (Å²) in [6.07, 6.45) is 0. The zero-order chi connectivity index (χ0) is 17.6. The summed E-state index contributed by atoms with van der Waals surface area (Å²) in [5.41, 5.74) is 1.71. The van der Waals surface area contributed by atoms with Crippen LogP contribution in [0.2, 0.25) is 0 Å². The molecule has 24 heavy (non-hydrogen) atoms. The maximum Gasteiger partial charge on any atom is 0.221 e. The van der Waals surface area contributed by atoms with Gasteiger partial charge in [0.15, 0.2) is 9.84 Å². The lowest BCUT2D eigenvalue weighted by molar-refractivity contribution is -0.114. The van der Waals surface area contributed by atoms with Gasteiger partial charge in [0.05, 0.1) is 10.6 Å². The van der Waals surface area contributed by atoms with Crippen LogP contribution in [0.15, 0.2) is 59.5 Å². The van der Waals surface area contributed by atoms with Crippen LogP contribution < -0.4 is 10.6 Å². The van der Waals surface area contributed by atoms with E-state index in [1.807, 2.05) is 31.2 Å². The molecule has 0 saturated heterocycles. The molecule has 0 aliphatic heterocycles. The molecule has 0 bridgehead atoms. The highest BCUT2D eigenvalue weighted by Crippen LogP contribution is 2.17. The van der Waals surface area contributed by atoms with Gasteiger partial charge in [-0.3, -0.25) is 4.79 Å². The highest BCUT2D eigenvalue weighted by Gasteiger charge is 2.14. The van der Waals surface area contributed by atoms with Gasteiger partial charge in [-0.15, -0.1) is 0 Å². The van der Waals surface area contributed by atoms with Gasteiger partial charge in [-0.25, -0.2) is 8.42 Å². The minimum Gasteiger partial charge on any atom is -0.326 e. The Morgan fingerprint density at radius 2 is 1.79 bits per heavy atom. The monoisotopic (exact) mass is 346 g/mol. The Morgan fingerprint density at radius 1 is 1.08 bits per heavy atom. The lowest BCUT2D eigenvalue weighted by Crippen LogP contribution is -2.26. The number of hydrogen-bond acceptors (Lipinski definition) is 4. The Hall–Kier alpha value is -2.18. The summed E-state index contributed by atoms with van der Waals surface area (Å²) < 4.78 is 24.5. The number of carbonyl (C=O) groups is 1. The minimum atomic E-state index is -3.28. The van der Waals surface area contributed by atoms with Crippen LogP contribution in [0, 0.1) is 0 Å². The first-order chi connectivity index (χ1) is 11.4. The van der Waals surface area contributed by atoms with E-state index in [-0.39, 0.29) is 17.7 Å². The van der Waals surface area contributed by atoms with Gasteiger partial charge in [0.1, 0.15) is 0 Å². The third kappa shape index (κ3) is 5.18. The van der Waals surface area contributed by atoms with Gasteiger partial charge in [-0.1, -0.05) is 30.3 Å². The van der Waals surface area contributed by atoms with E-state index in [4.69, 9.17) is 0 Å². The summed E-state index contributed by atoms with van der Waals surface area (Å²) in [4.78, 5) is 11.5. The number of nitrogens with one attached hydrogen (secondary N) is 2.